The Morgan fingerprint density at radius 3 is 2.58 bits per heavy atom. The zero-order valence-electron chi connectivity index (χ0n) is 14.5. The Bertz CT molecular complexity index is 970. The fraction of sp³-hybridized carbons (Fsp3) is 0.211. The molecule has 1 unspecified atom stereocenters. The van der Waals surface area contributed by atoms with Gasteiger partial charge in [0.25, 0.3) is 5.91 Å². The summed E-state index contributed by atoms with van der Waals surface area (Å²) < 4.78 is 15.4. The third-order valence-corrected chi connectivity index (χ3v) is 4.68. The Balaban J connectivity index is 1.65. The number of carbonyl (C=O) groups excluding carboxylic acids is 1. The number of para-hydroxylation sites is 1. The first-order valence-electron chi connectivity index (χ1n) is 8.28. The quantitative estimate of drug-likeness (QED) is 0.728. The second-order valence-electron chi connectivity index (χ2n) is 6.35. The molecule has 0 saturated carbocycles. The standard InChI is InChI=1S/C19H18FN5O/c1-23-17-10-6-4-8-14(17)19(26)24(2)18(23)16-12-25(22-21-16)11-13-7-3-5-9-15(13)20/h3-10,12,18H,11H2,1-2H3. The van der Waals surface area contributed by atoms with Gasteiger partial charge in [-0.2, -0.15) is 0 Å². The van der Waals surface area contributed by atoms with Crippen molar-refractivity contribution in [3.8, 4) is 0 Å². The number of benzene rings is 2. The maximum atomic E-state index is 13.9. The molecule has 1 aliphatic heterocycles. The molecule has 26 heavy (non-hydrogen) atoms. The molecule has 2 heterocycles. The second kappa shape index (κ2) is 6.25. The summed E-state index contributed by atoms with van der Waals surface area (Å²) in [7, 11) is 3.66. The van der Waals surface area contributed by atoms with E-state index in [2.05, 4.69) is 10.3 Å². The van der Waals surface area contributed by atoms with Crippen LogP contribution in [0.4, 0.5) is 10.1 Å². The summed E-state index contributed by atoms with van der Waals surface area (Å²) in [5.74, 6) is -0.340. The molecule has 0 bridgehead atoms. The van der Waals surface area contributed by atoms with Crippen molar-refractivity contribution in [2.75, 3.05) is 19.0 Å². The van der Waals surface area contributed by atoms with Crippen LogP contribution in [0.1, 0.15) is 27.8 Å². The molecule has 1 aliphatic rings. The molecule has 6 nitrogen and oxygen atoms in total. The summed E-state index contributed by atoms with van der Waals surface area (Å²) in [6.45, 7) is 0.282. The number of anilines is 1. The van der Waals surface area contributed by atoms with Crippen LogP contribution in [0, 0.1) is 5.82 Å². The highest BCUT2D eigenvalue weighted by Gasteiger charge is 2.35. The summed E-state index contributed by atoms with van der Waals surface area (Å²) in [5, 5.41) is 8.34. The van der Waals surface area contributed by atoms with E-state index in [9.17, 15) is 9.18 Å². The van der Waals surface area contributed by atoms with E-state index in [0.717, 1.165) is 5.69 Å². The van der Waals surface area contributed by atoms with Crippen molar-refractivity contribution >= 4 is 11.6 Å². The average molecular weight is 351 g/mol. The predicted molar refractivity (Wildman–Crippen MR) is 95.2 cm³/mol. The minimum Gasteiger partial charge on any atom is -0.348 e. The van der Waals surface area contributed by atoms with Gasteiger partial charge in [-0.15, -0.1) is 5.10 Å². The molecule has 0 aliphatic carbocycles. The van der Waals surface area contributed by atoms with Gasteiger partial charge in [-0.25, -0.2) is 9.07 Å². The number of nitrogens with zero attached hydrogens (tertiary/aromatic N) is 5. The van der Waals surface area contributed by atoms with Gasteiger partial charge in [-0.1, -0.05) is 35.5 Å². The van der Waals surface area contributed by atoms with Crippen molar-refractivity contribution in [1.29, 1.82) is 0 Å². The Kier molecular flexibility index (Phi) is 3.91. The van der Waals surface area contributed by atoms with E-state index in [1.54, 1.807) is 41.0 Å². The van der Waals surface area contributed by atoms with Crippen molar-refractivity contribution in [3.05, 3.63) is 77.4 Å². The lowest BCUT2D eigenvalue weighted by Gasteiger charge is -2.40. The molecule has 3 aromatic rings. The van der Waals surface area contributed by atoms with Crippen molar-refractivity contribution < 1.29 is 9.18 Å². The number of hydrogen-bond acceptors (Lipinski definition) is 4. The van der Waals surface area contributed by atoms with Gasteiger partial charge < -0.3 is 9.80 Å². The van der Waals surface area contributed by atoms with Gasteiger partial charge in [0.15, 0.2) is 6.17 Å². The van der Waals surface area contributed by atoms with Crippen molar-refractivity contribution in [2.45, 2.75) is 12.7 Å². The highest BCUT2D eigenvalue weighted by atomic mass is 19.1. The first kappa shape index (κ1) is 16.3. The summed E-state index contributed by atoms with van der Waals surface area (Å²) in [4.78, 5) is 16.3. The summed E-state index contributed by atoms with van der Waals surface area (Å²) in [6, 6.07) is 14.1. The number of halogens is 1. The van der Waals surface area contributed by atoms with Crippen LogP contribution in [-0.2, 0) is 6.54 Å². The van der Waals surface area contributed by atoms with Crippen molar-refractivity contribution in [1.82, 2.24) is 19.9 Å². The van der Waals surface area contributed by atoms with Crippen molar-refractivity contribution in [2.24, 2.45) is 0 Å². The van der Waals surface area contributed by atoms with Crippen molar-refractivity contribution in [3.63, 3.8) is 0 Å². The van der Waals surface area contributed by atoms with E-state index in [1.807, 2.05) is 36.2 Å². The minimum atomic E-state index is -0.369. The minimum absolute atomic E-state index is 0.0626. The van der Waals surface area contributed by atoms with Gasteiger partial charge in [-0.3, -0.25) is 4.79 Å². The first-order chi connectivity index (χ1) is 12.6. The normalized spacial score (nSPS) is 16.7. The van der Waals surface area contributed by atoms with Crippen LogP contribution < -0.4 is 4.90 Å². The number of carbonyl (C=O) groups is 1. The third kappa shape index (κ3) is 2.61. The van der Waals surface area contributed by atoms with E-state index < -0.39 is 0 Å². The van der Waals surface area contributed by atoms with Crippen LogP contribution in [0.5, 0.6) is 0 Å². The van der Waals surface area contributed by atoms with E-state index in [1.165, 1.54) is 6.07 Å². The molecule has 0 N–H and O–H groups in total. The van der Waals surface area contributed by atoms with E-state index in [0.29, 0.717) is 16.8 Å². The van der Waals surface area contributed by atoms with Crippen LogP contribution in [0.25, 0.3) is 0 Å². The highest BCUT2D eigenvalue weighted by Crippen LogP contribution is 2.35. The van der Waals surface area contributed by atoms with Crippen LogP contribution in [0.15, 0.2) is 54.7 Å². The second-order valence-corrected chi connectivity index (χ2v) is 6.35. The molecule has 2 aromatic carbocycles. The lowest BCUT2D eigenvalue weighted by Crippen LogP contribution is -2.45. The smallest absolute Gasteiger partial charge is 0.257 e. The van der Waals surface area contributed by atoms with Gasteiger partial charge >= 0.3 is 0 Å². The summed E-state index contributed by atoms with van der Waals surface area (Å²) in [6.07, 6.45) is 1.39. The Labute approximate surface area is 150 Å². The van der Waals surface area contributed by atoms with E-state index >= 15 is 0 Å². The van der Waals surface area contributed by atoms with Gasteiger partial charge in [0, 0.05) is 19.7 Å². The van der Waals surface area contributed by atoms with Crippen LogP contribution in [-0.4, -0.2) is 39.9 Å². The lowest BCUT2D eigenvalue weighted by molar-refractivity contribution is 0.0707. The molecular formula is C19H18FN5O. The Morgan fingerprint density at radius 2 is 1.77 bits per heavy atom. The summed E-state index contributed by atoms with van der Waals surface area (Å²) >= 11 is 0. The Hall–Kier alpha value is -3.22. The van der Waals surface area contributed by atoms with E-state index in [-0.39, 0.29) is 24.4 Å². The topological polar surface area (TPSA) is 54.3 Å². The largest absolute Gasteiger partial charge is 0.348 e. The molecule has 1 atom stereocenters. The van der Waals surface area contributed by atoms with Gasteiger partial charge in [0.05, 0.1) is 24.0 Å². The molecule has 132 valence electrons. The maximum absolute atomic E-state index is 13.9. The molecule has 0 saturated heterocycles. The fourth-order valence-electron chi connectivity index (χ4n) is 3.36. The third-order valence-electron chi connectivity index (χ3n) is 4.68. The fourth-order valence-corrected chi connectivity index (χ4v) is 3.36. The molecule has 1 amide bonds. The molecule has 0 spiro atoms. The molecule has 0 radical (unpaired) electrons. The predicted octanol–water partition coefficient (Wildman–Crippen LogP) is 2.69. The number of hydrogen-bond donors (Lipinski definition) is 0. The SMILES string of the molecule is CN1C(=O)c2ccccc2N(C)C1c1cn(Cc2ccccc2F)nn1. The number of rotatable bonds is 3. The van der Waals surface area contributed by atoms with E-state index in [4.69, 9.17) is 0 Å². The average Bonchev–Trinajstić information content (AvgIpc) is 3.10. The van der Waals surface area contributed by atoms with Gasteiger partial charge in [0.1, 0.15) is 11.5 Å². The monoisotopic (exact) mass is 351 g/mol. The number of aromatic nitrogens is 3. The van der Waals surface area contributed by atoms with Crippen LogP contribution in [0.2, 0.25) is 0 Å². The molecular weight excluding hydrogens is 333 g/mol. The molecule has 0 fully saturated rings. The van der Waals surface area contributed by atoms with Gasteiger partial charge in [-0.05, 0) is 18.2 Å². The lowest BCUT2D eigenvalue weighted by atomic mass is 10.1. The summed E-state index contributed by atoms with van der Waals surface area (Å²) in [5.41, 5.74) is 2.68. The molecule has 7 heteroatoms. The van der Waals surface area contributed by atoms with Crippen LogP contribution in [0.3, 0.4) is 0 Å². The zero-order valence-corrected chi connectivity index (χ0v) is 14.5. The highest BCUT2D eigenvalue weighted by molar-refractivity contribution is 6.01. The first-order valence-corrected chi connectivity index (χ1v) is 8.28. The number of fused-ring (bicyclic) bond motifs is 1. The molecule has 4 rings (SSSR count). The zero-order chi connectivity index (χ0) is 18.3. The molecule has 1 aromatic heterocycles. The Morgan fingerprint density at radius 1 is 1.04 bits per heavy atom. The number of amides is 1. The maximum Gasteiger partial charge on any atom is 0.257 e. The van der Waals surface area contributed by atoms with Crippen LogP contribution >= 0.6 is 0 Å². The van der Waals surface area contributed by atoms with Gasteiger partial charge in [0.2, 0.25) is 0 Å².